The first-order valence-electron chi connectivity index (χ1n) is 9.75. The summed E-state index contributed by atoms with van der Waals surface area (Å²) in [7, 11) is 0. The molecule has 0 saturated carbocycles. The molecule has 0 radical (unpaired) electrons. The lowest BCUT2D eigenvalue weighted by molar-refractivity contribution is 0.0998. The van der Waals surface area contributed by atoms with Crippen LogP contribution in [-0.2, 0) is 6.54 Å². The van der Waals surface area contributed by atoms with Gasteiger partial charge in [-0.3, -0.25) is 9.69 Å². The minimum absolute atomic E-state index is 0.00983. The zero-order chi connectivity index (χ0) is 20.4. The summed E-state index contributed by atoms with van der Waals surface area (Å²) in [5, 5.41) is 6.63. The molecule has 1 aromatic carbocycles. The third-order valence-electron chi connectivity index (χ3n) is 5.59. The second kappa shape index (κ2) is 7.67. The van der Waals surface area contributed by atoms with Crippen molar-refractivity contribution in [1.82, 2.24) is 25.5 Å². The number of aromatic nitrogens is 2. The molecule has 1 aromatic heterocycles. The van der Waals surface area contributed by atoms with Crippen LogP contribution in [0.25, 0.3) is 0 Å². The molecule has 0 atom stereocenters. The van der Waals surface area contributed by atoms with E-state index in [4.69, 9.17) is 11.5 Å². The van der Waals surface area contributed by atoms with Gasteiger partial charge in [0.2, 0.25) is 0 Å². The van der Waals surface area contributed by atoms with Gasteiger partial charge in [0.15, 0.2) is 17.5 Å². The van der Waals surface area contributed by atoms with Gasteiger partial charge in [0.1, 0.15) is 5.82 Å². The maximum atomic E-state index is 12.5. The number of hydrogen-bond acceptors (Lipinski definition) is 6. The van der Waals surface area contributed by atoms with Gasteiger partial charge < -0.3 is 22.1 Å². The number of nitrogens with zero attached hydrogens (tertiary/aromatic N) is 4. The number of benzene rings is 1. The molecule has 1 amide bonds. The van der Waals surface area contributed by atoms with E-state index in [1.54, 1.807) is 6.92 Å². The fraction of sp³-hybridized carbons (Fsp3) is 0.400. The molecule has 2 fully saturated rings. The Morgan fingerprint density at radius 2 is 1.90 bits per heavy atom. The Morgan fingerprint density at radius 1 is 1.17 bits per heavy atom. The summed E-state index contributed by atoms with van der Waals surface area (Å²) in [4.78, 5) is 27.2. The van der Waals surface area contributed by atoms with Crippen LogP contribution < -0.4 is 22.1 Å². The number of piperidine rings is 1. The number of nitrogens with one attached hydrogen (secondary N) is 2. The molecule has 4 rings (SSSR count). The third kappa shape index (κ3) is 4.14. The minimum atomic E-state index is -0.535. The average Bonchev–Trinajstić information content (AvgIpc) is 3.09. The van der Waals surface area contributed by atoms with E-state index in [1.165, 1.54) is 5.56 Å². The van der Waals surface area contributed by atoms with Gasteiger partial charge in [0.25, 0.3) is 0 Å². The molecule has 2 saturated heterocycles. The van der Waals surface area contributed by atoms with Gasteiger partial charge in [-0.1, -0.05) is 30.3 Å². The largest absolute Gasteiger partial charge is 0.382 e. The second-order valence-electron chi connectivity index (χ2n) is 7.71. The number of aryl methyl sites for hydroxylation is 1. The highest BCUT2D eigenvalue weighted by Crippen LogP contribution is 2.25. The van der Waals surface area contributed by atoms with Gasteiger partial charge in [-0.05, 0) is 25.3 Å². The summed E-state index contributed by atoms with van der Waals surface area (Å²) in [6.45, 7) is 5.34. The van der Waals surface area contributed by atoms with E-state index in [0.717, 1.165) is 39.0 Å². The fourth-order valence-electron chi connectivity index (χ4n) is 3.80. The molecule has 2 aliphatic heterocycles. The summed E-state index contributed by atoms with van der Waals surface area (Å²) in [6, 6.07) is 10.5. The highest BCUT2D eigenvalue weighted by molar-refractivity contribution is 6.04. The van der Waals surface area contributed by atoms with Gasteiger partial charge in [0, 0.05) is 26.2 Å². The van der Waals surface area contributed by atoms with Crippen molar-refractivity contribution in [2.45, 2.75) is 31.8 Å². The van der Waals surface area contributed by atoms with E-state index >= 15 is 0 Å². The lowest BCUT2D eigenvalue weighted by atomic mass is 9.88. The molecular formula is C20H26N8O. The molecule has 29 heavy (non-hydrogen) atoms. The number of carbonyl (C=O) groups excluding carboxylic acids is 1. The number of aliphatic imine (C=N–C) groups is 1. The van der Waals surface area contributed by atoms with Gasteiger partial charge in [-0.15, -0.1) is 0 Å². The summed E-state index contributed by atoms with van der Waals surface area (Å²) < 4.78 is 0. The SMILES string of the molecule is Cc1nc(C(=O)/N=C2/NCC3(CCN(Cc4ccccc4)CC3)N2)c(N)nc1N. The first-order chi connectivity index (χ1) is 13.9. The number of hydrogen-bond donors (Lipinski definition) is 4. The molecule has 0 aliphatic carbocycles. The summed E-state index contributed by atoms with van der Waals surface area (Å²) in [5.74, 6) is 0.128. The van der Waals surface area contributed by atoms with E-state index in [1.807, 2.05) is 6.07 Å². The van der Waals surface area contributed by atoms with E-state index in [9.17, 15) is 4.79 Å². The zero-order valence-electron chi connectivity index (χ0n) is 16.5. The van der Waals surface area contributed by atoms with Crippen molar-refractivity contribution in [2.24, 2.45) is 4.99 Å². The van der Waals surface area contributed by atoms with Crippen molar-refractivity contribution in [3.63, 3.8) is 0 Å². The van der Waals surface area contributed by atoms with Gasteiger partial charge in [-0.25, -0.2) is 9.97 Å². The van der Waals surface area contributed by atoms with Crippen LogP contribution in [0.5, 0.6) is 0 Å². The van der Waals surface area contributed by atoms with Gasteiger partial charge in [0.05, 0.1) is 11.2 Å². The molecule has 0 unspecified atom stereocenters. The molecule has 6 N–H and O–H groups in total. The summed E-state index contributed by atoms with van der Waals surface area (Å²) in [5.41, 5.74) is 13.2. The number of nitrogens with two attached hydrogens (primary N) is 2. The van der Waals surface area contributed by atoms with E-state index in [0.29, 0.717) is 11.7 Å². The van der Waals surface area contributed by atoms with E-state index < -0.39 is 5.91 Å². The predicted molar refractivity (Wildman–Crippen MR) is 112 cm³/mol. The molecule has 9 nitrogen and oxygen atoms in total. The van der Waals surface area contributed by atoms with Crippen LogP contribution >= 0.6 is 0 Å². The Morgan fingerprint density at radius 3 is 2.62 bits per heavy atom. The summed E-state index contributed by atoms with van der Waals surface area (Å²) >= 11 is 0. The lowest BCUT2D eigenvalue weighted by Crippen LogP contribution is -2.52. The summed E-state index contributed by atoms with van der Waals surface area (Å²) in [6.07, 6.45) is 1.95. The molecule has 1 spiro atoms. The highest BCUT2D eigenvalue weighted by Gasteiger charge is 2.39. The van der Waals surface area contributed by atoms with Crippen LogP contribution in [-0.4, -0.2) is 51.9 Å². The molecular weight excluding hydrogens is 368 g/mol. The van der Waals surface area contributed by atoms with Crippen LogP contribution in [0.4, 0.5) is 11.6 Å². The number of nitrogen functional groups attached to an aromatic ring is 2. The van der Waals surface area contributed by atoms with Crippen LogP contribution in [0.1, 0.15) is 34.6 Å². The first-order valence-corrected chi connectivity index (χ1v) is 9.75. The predicted octanol–water partition coefficient (Wildman–Crippen LogP) is 0.673. The maximum absolute atomic E-state index is 12.5. The second-order valence-corrected chi connectivity index (χ2v) is 7.71. The number of carbonyl (C=O) groups is 1. The Kier molecular flexibility index (Phi) is 5.06. The number of anilines is 2. The number of likely N-dealkylation sites (tertiary alicyclic amines) is 1. The zero-order valence-corrected chi connectivity index (χ0v) is 16.5. The fourth-order valence-corrected chi connectivity index (χ4v) is 3.80. The van der Waals surface area contributed by atoms with Crippen molar-refractivity contribution in [1.29, 1.82) is 0 Å². The van der Waals surface area contributed by atoms with Gasteiger partial charge in [-0.2, -0.15) is 4.99 Å². The van der Waals surface area contributed by atoms with Crippen molar-refractivity contribution >= 4 is 23.5 Å². The Balaban J connectivity index is 1.38. The monoisotopic (exact) mass is 394 g/mol. The van der Waals surface area contributed by atoms with Crippen molar-refractivity contribution in [3.8, 4) is 0 Å². The van der Waals surface area contributed by atoms with Crippen molar-refractivity contribution < 1.29 is 4.79 Å². The van der Waals surface area contributed by atoms with Crippen molar-refractivity contribution in [2.75, 3.05) is 31.1 Å². The minimum Gasteiger partial charge on any atom is -0.382 e. The topological polar surface area (TPSA) is 135 Å². The van der Waals surface area contributed by atoms with Crippen molar-refractivity contribution in [3.05, 3.63) is 47.3 Å². The Hall–Kier alpha value is -3.20. The standard InChI is InChI=1S/C20H26N8O/c1-13-16(21)25-17(22)15(24-13)18(29)26-19-23-12-20(27-19)7-9-28(10-8-20)11-14-5-3-2-4-6-14/h2-6H,7-12H2,1H3,(H4,21,22,25)(H2,23,26,27,29). The average molecular weight is 394 g/mol. The first kappa shape index (κ1) is 19.1. The smallest absolute Gasteiger partial charge is 0.302 e. The lowest BCUT2D eigenvalue weighted by Gasteiger charge is -2.38. The molecule has 2 aromatic rings. The van der Waals surface area contributed by atoms with Crippen LogP contribution in [0, 0.1) is 6.92 Å². The Labute approximate surface area is 169 Å². The van der Waals surface area contributed by atoms with Gasteiger partial charge >= 0.3 is 5.91 Å². The van der Waals surface area contributed by atoms with Crippen LogP contribution in [0.3, 0.4) is 0 Å². The molecule has 3 heterocycles. The molecule has 0 bridgehead atoms. The molecule has 2 aliphatic rings. The molecule has 9 heteroatoms. The number of guanidine groups is 1. The van der Waals surface area contributed by atoms with E-state index in [2.05, 4.69) is 54.8 Å². The van der Waals surface area contributed by atoms with E-state index in [-0.39, 0.29) is 22.9 Å². The quantitative estimate of drug-likeness (QED) is 0.597. The number of rotatable bonds is 3. The number of amides is 1. The van der Waals surface area contributed by atoms with Crippen LogP contribution in [0.2, 0.25) is 0 Å². The van der Waals surface area contributed by atoms with Crippen LogP contribution in [0.15, 0.2) is 35.3 Å². The molecule has 152 valence electrons. The maximum Gasteiger partial charge on any atom is 0.302 e. The normalized spacial score (nSPS) is 19.8. The highest BCUT2D eigenvalue weighted by atomic mass is 16.1. The Bertz CT molecular complexity index is 935. The third-order valence-corrected chi connectivity index (χ3v) is 5.59.